The number of amides is 2. The molecule has 0 aliphatic carbocycles. The lowest BCUT2D eigenvalue weighted by Gasteiger charge is -2.29. The zero-order valence-corrected chi connectivity index (χ0v) is 24.4. The van der Waals surface area contributed by atoms with Crippen LogP contribution in [0.4, 0.5) is 10.7 Å². The number of pyridine rings is 1. The van der Waals surface area contributed by atoms with E-state index in [9.17, 15) is 9.59 Å². The number of allylic oxidation sites excluding steroid dienone is 1. The Hall–Kier alpha value is -3.09. The number of nitrogens with zero attached hydrogens (tertiary/aromatic N) is 4. The normalized spacial score (nSPS) is 16.4. The minimum Gasteiger partial charge on any atom is -0.444 e. The van der Waals surface area contributed by atoms with E-state index in [0.29, 0.717) is 47.1 Å². The summed E-state index contributed by atoms with van der Waals surface area (Å²) >= 11 is 6.66. The van der Waals surface area contributed by atoms with Crippen molar-refractivity contribution in [3.63, 3.8) is 0 Å². The Bertz CT molecular complexity index is 1470. The molecule has 1 unspecified atom stereocenters. The van der Waals surface area contributed by atoms with E-state index < -0.39 is 18.6 Å². The summed E-state index contributed by atoms with van der Waals surface area (Å²) in [7, 11) is 0. The largest absolute Gasteiger partial charge is 0.444 e. The number of fused-ring (bicyclic) bond motifs is 1. The van der Waals surface area contributed by atoms with Crippen LogP contribution in [0.5, 0.6) is 0 Å². The Labute approximate surface area is 229 Å². The van der Waals surface area contributed by atoms with E-state index in [2.05, 4.69) is 29.9 Å². The predicted molar refractivity (Wildman–Crippen MR) is 158 cm³/mol. The van der Waals surface area contributed by atoms with Crippen molar-refractivity contribution in [1.82, 2.24) is 19.4 Å². The average molecular weight is 556 g/mol. The van der Waals surface area contributed by atoms with Crippen molar-refractivity contribution >= 4 is 59.2 Å². The summed E-state index contributed by atoms with van der Waals surface area (Å²) in [6, 6.07) is 8.81. The molecule has 1 N–H and O–H groups in total. The van der Waals surface area contributed by atoms with Crippen molar-refractivity contribution in [2.45, 2.75) is 45.8 Å². The van der Waals surface area contributed by atoms with E-state index in [-0.39, 0.29) is 11.9 Å². The quantitative estimate of drug-likeness (QED) is 0.329. The van der Waals surface area contributed by atoms with Crippen molar-refractivity contribution in [1.29, 1.82) is 0 Å². The molecular weight excluding hydrogens is 521 g/mol. The third-order valence-electron chi connectivity index (χ3n) is 6.06. The van der Waals surface area contributed by atoms with Crippen LogP contribution >= 0.6 is 18.5 Å². The smallest absolute Gasteiger partial charge is 0.410 e. The van der Waals surface area contributed by atoms with E-state index in [4.69, 9.17) is 21.3 Å². The monoisotopic (exact) mass is 555 g/mol. The fraction of sp³-hybridized carbons (Fsp3) is 0.393. The van der Waals surface area contributed by atoms with Crippen molar-refractivity contribution in [2.24, 2.45) is 0 Å². The molecule has 0 saturated carbocycles. The molecule has 38 heavy (non-hydrogen) atoms. The first-order valence-corrected chi connectivity index (χ1v) is 15.8. The van der Waals surface area contributed by atoms with Crippen LogP contribution in [0.1, 0.15) is 49.3 Å². The van der Waals surface area contributed by atoms with E-state index in [1.165, 1.54) is 0 Å². The first kappa shape index (κ1) is 27.9. The van der Waals surface area contributed by atoms with E-state index in [0.717, 1.165) is 11.1 Å². The number of aromatic nitrogens is 3. The summed E-state index contributed by atoms with van der Waals surface area (Å²) < 4.78 is 7.56. The maximum absolute atomic E-state index is 13.5. The molecular formula is C28H35ClN5O3P. The summed E-state index contributed by atoms with van der Waals surface area (Å²) in [6.07, 6.45) is 8.48. The molecule has 0 spiro atoms. The molecule has 0 radical (unpaired) electrons. The lowest BCUT2D eigenvalue weighted by Crippen LogP contribution is -2.39. The van der Waals surface area contributed by atoms with Gasteiger partial charge in [0.05, 0.1) is 27.5 Å². The van der Waals surface area contributed by atoms with Crippen molar-refractivity contribution < 1.29 is 14.3 Å². The molecule has 10 heteroatoms. The first-order chi connectivity index (χ1) is 17.7. The standard InChI is InChI=1S/C28H35ClN5O3P/c1-18-15-19(16-23(30-18)38(5,6)7)25(35)32-26-31-22-13-10-12-21(29)24(22)34(26)20-11-8-9-14-33(17-20)27(36)37-28(2,3)4/h8-10,12-13,15-16,20H,5,11,14,17H2,1-4,6-7H3,(H,31,32,35). The number of aryl methyl sites for hydroxylation is 1. The van der Waals surface area contributed by atoms with E-state index in [1.54, 1.807) is 17.0 Å². The molecule has 0 saturated heterocycles. The van der Waals surface area contributed by atoms with Crippen molar-refractivity contribution in [3.8, 4) is 0 Å². The van der Waals surface area contributed by atoms with Crippen LogP contribution in [0.25, 0.3) is 11.0 Å². The number of nitrogens with one attached hydrogen (secondary N) is 1. The highest BCUT2D eigenvalue weighted by molar-refractivity contribution is 7.79. The van der Waals surface area contributed by atoms with Gasteiger partial charge in [-0.1, -0.05) is 43.0 Å². The van der Waals surface area contributed by atoms with Gasteiger partial charge in [-0.2, -0.15) is 0 Å². The Morgan fingerprint density at radius 1 is 1.18 bits per heavy atom. The number of rotatable bonds is 4. The molecule has 4 rings (SSSR count). The van der Waals surface area contributed by atoms with Gasteiger partial charge in [-0.05, 0) is 71.7 Å². The number of carbonyl (C=O) groups excluding carboxylic acids is 2. The number of anilines is 1. The summed E-state index contributed by atoms with van der Waals surface area (Å²) in [6.45, 7) is 10.6. The van der Waals surface area contributed by atoms with Crippen molar-refractivity contribution in [3.05, 3.63) is 58.8 Å². The maximum Gasteiger partial charge on any atom is 0.410 e. The number of benzene rings is 1. The van der Waals surface area contributed by atoms with Crippen LogP contribution in [0.2, 0.25) is 5.02 Å². The fourth-order valence-electron chi connectivity index (χ4n) is 4.34. The van der Waals surface area contributed by atoms with Gasteiger partial charge >= 0.3 is 6.09 Å². The molecule has 0 bridgehead atoms. The average Bonchev–Trinajstić information content (AvgIpc) is 2.99. The Morgan fingerprint density at radius 3 is 2.61 bits per heavy atom. The molecule has 202 valence electrons. The number of ether oxygens (including phenoxy) is 1. The Balaban J connectivity index is 1.74. The zero-order chi connectivity index (χ0) is 27.8. The van der Waals surface area contributed by atoms with Crippen LogP contribution in [-0.4, -0.2) is 69.8 Å². The topological polar surface area (TPSA) is 89.4 Å². The predicted octanol–water partition coefficient (Wildman–Crippen LogP) is 5.72. The molecule has 8 nitrogen and oxygen atoms in total. The molecule has 1 atom stereocenters. The summed E-state index contributed by atoms with van der Waals surface area (Å²) in [5.41, 5.74) is 2.82. The molecule has 2 aromatic heterocycles. The van der Waals surface area contributed by atoms with E-state index in [1.807, 2.05) is 62.6 Å². The maximum atomic E-state index is 13.5. The summed E-state index contributed by atoms with van der Waals surface area (Å²) in [5.74, 6) is 0.0632. The Morgan fingerprint density at radius 2 is 1.92 bits per heavy atom. The molecule has 1 aliphatic heterocycles. The number of para-hydroxylation sites is 1. The molecule has 0 fully saturated rings. The Kier molecular flexibility index (Phi) is 7.78. The van der Waals surface area contributed by atoms with Gasteiger partial charge in [-0.15, -0.1) is 0 Å². The second kappa shape index (κ2) is 10.6. The summed E-state index contributed by atoms with van der Waals surface area (Å²) in [4.78, 5) is 37.5. The zero-order valence-electron chi connectivity index (χ0n) is 22.8. The van der Waals surface area contributed by atoms with Crippen LogP contribution in [0.3, 0.4) is 0 Å². The van der Waals surface area contributed by atoms with Gasteiger partial charge in [0.1, 0.15) is 5.60 Å². The van der Waals surface area contributed by atoms with Gasteiger partial charge in [0.2, 0.25) is 5.95 Å². The van der Waals surface area contributed by atoms with Gasteiger partial charge in [-0.25, -0.2) is 9.78 Å². The van der Waals surface area contributed by atoms with Gasteiger partial charge < -0.3 is 14.2 Å². The first-order valence-electron chi connectivity index (χ1n) is 12.5. The highest BCUT2D eigenvalue weighted by atomic mass is 35.5. The minimum absolute atomic E-state index is 0.235. The SMILES string of the molecule is C=P(C)(C)c1cc(C(=O)Nc2nc3cccc(Cl)c3n2C2CC=CCN(C(=O)OC(C)(C)C)C2)cc(C)n1. The minimum atomic E-state index is -1.68. The molecule has 2 amide bonds. The van der Waals surface area contributed by atoms with Gasteiger partial charge in [0.15, 0.2) is 0 Å². The van der Waals surface area contributed by atoms with Gasteiger partial charge in [-0.3, -0.25) is 15.1 Å². The number of imidazole rings is 1. The lowest BCUT2D eigenvalue weighted by atomic mass is 10.2. The second-order valence-electron chi connectivity index (χ2n) is 11.2. The van der Waals surface area contributed by atoms with Crippen LogP contribution in [0, 0.1) is 6.92 Å². The lowest BCUT2D eigenvalue weighted by molar-refractivity contribution is 0.0253. The highest BCUT2D eigenvalue weighted by Gasteiger charge is 2.29. The molecule has 3 heterocycles. The molecule has 1 aliphatic rings. The molecule has 1 aromatic carbocycles. The van der Waals surface area contributed by atoms with Crippen LogP contribution < -0.4 is 10.8 Å². The fourth-order valence-corrected chi connectivity index (χ4v) is 5.51. The number of carbonyl (C=O) groups is 2. The third-order valence-corrected chi connectivity index (χ3v) is 7.83. The van der Waals surface area contributed by atoms with E-state index >= 15 is 0 Å². The second-order valence-corrected chi connectivity index (χ2v) is 15.4. The van der Waals surface area contributed by atoms with Gasteiger partial charge in [0.25, 0.3) is 5.91 Å². The van der Waals surface area contributed by atoms with Crippen molar-refractivity contribution in [2.75, 3.05) is 31.7 Å². The van der Waals surface area contributed by atoms with Crippen LogP contribution in [-0.2, 0) is 4.74 Å². The van der Waals surface area contributed by atoms with Crippen LogP contribution in [0.15, 0.2) is 42.5 Å². The summed E-state index contributed by atoms with van der Waals surface area (Å²) in [5, 5.41) is 3.52. The van der Waals surface area contributed by atoms with Gasteiger partial charge in [0, 0.05) is 24.3 Å². The highest BCUT2D eigenvalue weighted by Crippen LogP contribution is 2.35. The number of hydrogen-bond donors (Lipinski definition) is 1. The number of halogens is 1. The molecule has 3 aromatic rings. The third kappa shape index (κ3) is 6.30. The number of hydrogen-bond acceptors (Lipinski definition) is 5.